The van der Waals surface area contributed by atoms with Crippen molar-refractivity contribution in [1.82, 2.24) is 10.6 Å². The molecule has 1 rings (SSSR count). The molecular formula is C11H18N2O5. The Labute approximate surface area is 105 Å². The molecule has 0 aromatic carbocycles. The molecule has 7 heteroatoms. The molecule has 0 bridgehead atoms. The largest absolute Gasteiger partial charge is 0.481 e. The van der Waals surface area contributed by atoms with Gasteiger partial charge in [-0.3, -0.25) is 9.59 Å². The molecule has 7 nitrogen and oxygen atoms in total. The Balaban J connectivity index is 2.65. The molecule has 1 amide bonds. The van der Waals surface area contributed by atoms with E-state index in [1.165, 1.54) is 0 Å². The molecule has 1 fully saturated rings. The molecule has 2 unspecified atom stereocenters. The summed E-state index contributed by atoms with van der Waals surface area (Å²) in [7, 11) is 0. The molecule has 0 aromatic heterocycles. The van der Waals surface area contributed by atoms with E-state index >= 15 is 0 Å². The standard InChI is InChI=1S/C11H18N2O5/c1-11(4-2-3-5-12-11)10(18)13-7(9(16)17)6-8(14)15/h7,12H,2-6H2,1H3,(H,13,18)(H,14,15)(H,16,17). The first-order valence-corrected chi connectivity index (χ1v) is 5.86. The van der Waals surface area contributed by atoms with Crippen LogP contribution in [0, 0.1) is 0 Å². The number of hydrogen-bond donors (Lipinski definition) is 4. The van der Waals surface area contributed by atoms with Crippen LogP contribution < -0.4 is 10.6 Å². The summed E-state index contributed by atoms with van der Waals surface area (Å²) in [5.41, 5.74) is -0.815. The van der Waals surface area contributed by atoms with Crippen LogP contribution in [0.1, 0.15) is 32.6 Å². The highest BCUT2D eigenvalue weighted by Crippen LogP contribution is 2.19. The summed E-state index contributed by atoms with van der Waals surface area (Å²) >= 11 is 0. The highest BCUT2D eigenvalue weighted by atomic mass is 16.4. The Kier molecular flexibility index (Phi) is 4.66. The highest BCUT2D eigenvalue weighted by molar-refractivity contribution is 5.91. The number of hydrogen-bond acceptors (Lipinski definition) is 4. The van der Waals surface area contributed by atoms with Crippen LogP contribution in [0.25, 0.3) is 0 Å². The second kappa shape index (κ2) is 5.81. The Hall–Kier alpha value is -1.63. The third kappa shape index (κ3) is 3.69. The molecule has 0 aliphatic carbocycles. The topological polar surface area (TPSA) is 116 Å². The predicted molar refractivity (Wildman–Crippen MR) is 62.1 cm³/mol. The molecule has 0 aromatic rings. The molecule has 102 valence electrons. The summed E-state index contributed by atoms with van der Waals surface area (Å²) in [5, 5.41) is 22.8. The number of piperidine rings is 1. The van der Waals surface area contributed by atoms with Gasteiger partial charge >= 0.3 is 11.9 Å². The van der Waals surface area contributed by atoms with Crippen molar-refractivity contribution in [1.29, 1.82) is 0 Å². The number of aliphatic carboxylic acids is 2. The zero-order chi connectivity index (χ0) is 13.8. The van der Waals surface area contributed by atoms with Crippen LogP contribution in [0.5, 0.6) is 0 Å². The lowest BCUT2D eigenvalue weighted by molar-refractivity contribution is -0.148. The lowest BCUT2D eigenvalue weighted by atomic mass is 9.89. The van der Waals surface area contributed by atoms with Crippen LogP contribution in [-0.4, -0.2) is 46.2 Å². The average Bonchev–Trinajstić information content (AvgIpc) is 2.28. The lowest BCUT2D eigenvalue weighted by Crippen LogP contribution is -2.59. The van der Waals surface area contributed by atoms with Crippen molar-refractivity contribution in [2.24, 2.45) is 0 Å². The summed E-state index contributed by atoms with van der Waals surface area (Å²) in [5.74, 6) is -3.06. The minimum absolute atomic E-state index is 0.462. The molecular weight excluding hydrogens is 240 g/mol. The van der Waals surface area contributed by atoms with E-state index in [0.717, 1.165) is 12.8 Å². The zero-order valence-electron chi connectivity index (χ0n) is 10.2. The van der Waals surface area contributed by atoms with Gasteiger partial charge in [-0.2, -0.15) is 0 Å². The number of nitrogens with one attached hydrogen (secondary N) is 2. The zero-order valence-corrected chi connectivity index (χ0v) is 10.2. The van der Waals surface area contributed by atoms with Gasteiger partial charge in [0.1, 0.15) is 6.04 Å². The van der Waals surface area contributed by atoms with Crippen LogP contribution in [0.4, 0.5) is 0 Å². The third-order valence-electron chi connectivity index (χ3n) is 3.10. The normalized spacial score (nSPS) is 25.2. The Bertz CT molecular complexity index is 349. The summed E-state index contributed by atoms with van der Waals surface area (Å²) in [4.78, 5) is 33.4. The Morgan fingerprint density at radius 1 is 1.33 bits per heavy atom. The van der Waals surface area contributed by atoms with Crippen LogP contribution in [0.2, 0.25) is 0 Å². The number of rotatable bonds is 5. The first-order valence-electron chi connectivity index (χ1n) is 5.86. The SMILES string of the molecule is CC1(C(=O)NC(CC(=O)O)C(=O)O)CCCCN1. The van der Waals surface area contributed by atoms with Crippen LogP contribution in [0.15, 0.2) is 0 Å². The maximum Gasteiger partial charge on any atom is 0.326 e. The summed E-state index contributed by atoms with van der Waals surface area (Å²) in [6.07, 6.45) is 1.84. The fourth-order valence-corrected chi connectivity index (χ4v) is 1.94. The molecule has 4 N–H and O–H groups in total. The molecule has 18 heavy (non-hydrogen) atoms. The van der Waals surface area contributed by atoms with Gasteiger partial charge in [0.05, 0.1) is 12.0 Å². The van der Waals surface area contributed by atoms with Crippen molar-refractivity contribution in [2.45, 2.75) is 44.2 Å². The minimum atomic E-state index is -1.39. The number of carbonyl (C=O) groups is 3. The van der Waals surface area contributed by atoms with Crippen LogP contribution >= 0.6 is 0 Å². The van der Waals surface area contributed by atoms with Gasteiger partial charge in [-0.05, 0) is 32.7 Å². The number of carbonyl (C=O) groups excluding carboxylic acids is 1. The summed E-state index contributed by atoms with van der Waals surface area (Å²) < 4.78 is 0. The van der Waals surface area contributed by atoms with Gasteiger partial charge in [0.15, 0.2) is 0 Å². The fourth-order valence-electron chi connectivity index (χ4n) is 1.94. The maximum atomic E-state index is 12.0. The van der Waals surface area contributed by atoms with E-state index in [4.69, 9.17) is 10.2 Å². The van der Waals surface area contributed by atoms with Crippen molar-refractivity contribution in [3.63, 3.8) is 0 Å². The summed E-state index contributed by atoms with van der Waals surface area (Å²) in [6.45, 7) is 2.39. The van der Waals surface area contributed by atoms with E-state index in [-0.39, 0.29) is 0 Å². The first-order chi connectivity index (χ1) is 8.35. The Morgan fingerprint density at radius 2 is 2.00 bits per heavy atom. The minimum Gasteiger partial charge on any atom is -0.481 e. The van der Waals surface area contributed by atoms with Crippen LogP contribution in [0.3, 0.4) is 0 Å². The van der Waals surface area contributed by atoms with E-state index in [9.17, 15) is 14.4 Å². The smallest absolute Gasteiger partial charge is 0.326 e. The van der Waals surface area contributed by atoms with Crippen molar-refractivity contribution in [3.05, 3.63) is 0 Å². The third-order valence-corrected chi connectivity index (χ3v) is 3.10. The van der Waals surface area contributed by atoms with Crippen molar-refractivity contribution < 1.29 is 24.6 Å². The van der Waals surface area contributed by atoms with E-state index in [2.05, 4.69) is 10.6 Å². The van der Waals surface area contributed by atoms with Gasteiger partial charge in [-0.25, -0.2) is 4.79 Å². The van der Waals surface area contributed by atoms with E-state index in [0.29, 0.717) is 13.0 Å². The van der Waals surface area contributed by atoms with Gasteiger partial charge < -0.3 is 20.8 Å². The molecule has 1 heterocycles. The van der Waals surface area contributed by atoms with E-state index in [1.807, 2.05) is 0 Å². The van der Waals surface area contributed by atoms with E-state index in [1.54, 1.807) is 6.92 Å². The monoisotopic (exact) mass is 258 g/mol. The predicted octanol–water partition coefficient (Wildman–Crippen LogP) is -0.437. The molecule has 0 saturated carbocycles. The summed E-state index contributed by atoms with van der Waals surface area (Å²) in [6, 6.07) is -1.39. The number of carboxylic acid groups (broad SMARTS) is 2. The first kappa shape index (κ1) is 14.4. The van der Waals surface area contributed by atoms with Gasteiger partial charge in [-0.1, -0.05) is 0 Å². The lowest BCUT2D eigenvalue weighted by Gasteiger charge is -2.34. The second-order valence-corrected chi connectivity index (χ2v) is 4.68. The maximum absolute atomic E-state index is 12.0. The molecule has 0 spiro atoms. The molecule has 1 saturated heterocycles. The highest BCUT2D eigenvalue weighted by Gasteiger charge is 2.36. The van der Waals surface area contributed by atoms with E-state index < -0.39 is 35.8 Å². The van der Waals surface area contributed by atoms with Gasteiger partial charge in [0.25, 0.3) is 0 Å². The van der Waals surface area contributed by atoms with Crippen molar-refractivity contribution in [2.75, 3.05) is 6.54 Å². The Morgan fingerprint density at radius 3 is 2.44 bits per heavy atom. The second-order valence-electron chi connectivity index (χ2n) is 4.68. The van der Waals surface area contributed by atoms with Crippen molar-refractivity contribution in [3.8, 4) is 0 Å². The fraction of sp³-hybridized carbons (Fsp3) is 0.727. The van der Waals surface area contributed by atoms with Gasteiger partial charge in [0, 0.05) is 0 Å². The van der Waals surface area contributed by atoms with Gasteiger partial charge in [0.2, 0.25) is 5.91 Å². The number of amides is 1. The average molecular weight is 258 g/mol. The molecule has 1 aliphatic heterocycles. The molecule has 0 radical (unpaired) electrons. The molecule has 1 aliphatic rings. The number of carboxylic acids is 2. The van der Waals surface area contributed by atoms with Crippen molar-refractivity contribution >= 4 is 17.8 Å². The van der Waals surface area contributed by atoms with Gasteiger partial charge in [-0.15, -0.1) is 0 Å². The quantitative estimate of drug-likeness (QED) is 0.531. The van der Waals surface area contributed by atoms with Crippen LogP contribution in [-0.2, 0) is 14.4 Å². The molecule has 2 atom stereocenters.